The minimum absolute atomic E-state index is 0. The molecule has 10 rings (SSSR count). The molecule has 0 nitrogen and oxygen atoms in total. The standard InChI is InChI=1S/2C29H29.2CH3.2ClH.Si.Zr/c2*1-18-9-19(2)12-24(11-18)26-7-8-27(25-13-20(3)10-21(4)14-25)29-17-23(16-28(26)29)15-22-5-6-22;;;;;;/h2*7-14,16-17,22H,5-6,15H2,1-4H3;2*1H3;2*1H;;/q4*-1;;;;. The monoisotopic (exact) mass is 974 g/mol. The summed E-state index contributed by atoms with van der Waals surface area (Å²) >= 11 is 1.36. The number of rotatable bonds is 8. The molecule has 0 amide bonds. The normalized spacial score (nSPS) is 12.7. The Labute approximate surface area is 415 Å². The van der Waals surface area contributed by atoms with Crippen LogP contribution in [-0.2, 0) is 36.2 Å². The third kappa shape index (κ3) is 12.4. The molecule has 2 aliphatic rings. The van der Waals surface area contributed by atoms with E-state index in [-0.39, 0.29) is 39.7 Å². The molecule has 0 aromatic heterocycles. The minimum atomic E-state index is 0. The molecule has 0 spiro atoms. The molecular weight excluding hydrogens is 911 g/mol. The van der Waals surface area contributed by atoms with Crippen molar-refractivity contribution in [1.29, 1.82) is 0 Å². The van der Waals surface area contributed by atoms with Crippen molar-refractivity contribution in [2.75, 3.05) is 0 Å². The molecule has 0 bridgehead atoms. The summed E-state index contributed by atoms with van der Waals surface area (Å²) < 4.78 is 0. The van der Waals surface area contributed by atoms with E-state index >= 15 is 0 Å². The SMILES string of the molecule is Cc1cc(C)cc(-c2ccc(-c3cc(C)cc(C)c3)c3[cH-]c(CC4CC4)cc23)c1.Cc1cc(C)cc(-c2ccc(-c3cc(C)cc(C)c3)c3[cH-]c(CC4CC4)cc23)c1.Cl.Cl.[CH3-].[CH3-].[Si]=[Zr]. The van der Waals surface area contributed by atoms with Gasteiger partial charge in [0.2, 0.25) is 0 Å². The van der Waals surface area contributed by atoms with Gasteiger partial charge in [0.1, 0.15) is 0 Å². The van der Waals surface area contributed by atoms with E-state index in [1.54, 1.807) is 0 Å². The first kappa shape index (κ1) is 52.8. The fourth-order valence-electron chi connectivity index (χ4n) is 9.79. The van der Waals surface area contributed by atoms with Crippen LogP contribution in [0.4, 0.5) is 0 Å². The first-order chi connectivity index (χ1) is 28.9. The Morgan fingerprint density at radius 1 is 0.391 bits per heavy atom. The van der Waals surface area contributed by atoms with E-state index in [0.29, 0.717) is 0 Å². The van der Waals surface area contributed by atoms with Crippen LogP contribution >= 0.6 is 24.8 Å². The van der Waals surface area contributed by atoms with Crippen molar-refractivity contribution in [3.63, 3.8) is 0 Å². The van der Waals surface area contributed by atoms with Gasteiger partial charge in [-0.05, 0) is 117 Å². The second-order valence-electron chi connectivity index (χ2n) is 18.5. The number of halogens is 2. The fraction of sp³-hybridized carbons (Fsp3) is 0.267. The molecule has 2 aliphatic carbocycles. The van der Waals surface area contributed by atoms with Gasteiger partial charge in [0, 0.05) is 0 Å². The van der Waals surface area contributed by atoms with E-state index < -0.39 is 0 Å². The van der Waals surface area contributed by atoms with Crippen LogP contribution in [0.5, 0.6) is 0 Å². The molecule has 64 heavy (non-hydrogen) atoms. The van der Waals surface area contributed by atoms with Gasteiger partial charge in [0.15, 0.2) is 0 Å². The maximum absolute atomic E-state index is 3.06. The molecule has 332 valence electrons. The summed E-state index contributed by atoms with van der Waals surface area (Å²) in [5.41, 5.74) is 24.4. The molecule has 8 aromatic carbocycles. The zero-order valence-corrected chi connectivity index (χ0v) is 44.9. The van der Waals surface area contributed by atoms with Crippen LogP contribution in [0.1, 0.15) is 81.3 Å². The first-order valence-electron chi connectivity index (χ1n) is 22.0. The molecule has 0 atom stereocenters. The van der Waals surface area contributed by atoms with E-state index in [1.807, 2.05) is 0 Å². The van der Waals surface area contributed by atoms with Crippen molar-refractivity contribution >= 4 is 53.2 Å². The Morgan fingerprint density at radius 3 is 0.875 bits per heavy atom. The van der Waals surface area contributed by atoms with Crippen LogP contribution in [0.15, 0.2) is 121 Å². The number of aryl methyl sites for hydroxylation is 8. The molecule has 4 heteroatoms. The topological polar surface area (TPSA) is 0 Å². The molecule has 0 N–H and O–H groups in total. The summed E-state index contributed by atoms with van der Waals surface area (Å²) in [5, 5.41) is 5.62. The average molecular weight is 977 g/mol. The van der Waals surface area contributed by atoms with E-state index in [9.17, 15) is 0 Å². The van der Waals surface area contributed by atoms with E-state index in [4.69, 9.17) is 0 Å². The van der Waals surface area contributed by atoms with Gasteiger partial charge in [0.05, 0.1) is 0 Å². The van der Waals surface area contributed by atoms with Gasteiger partial charge in [-0.2, -0.15) is 12.1 Å². The average Bonchev–Trinajstić information content (AvgIpc) is 4.10. The van der Waals surface area contributed by atoms with E-state index in [1.165, 1.54) is 184 Å². The zero-order chi connectivity index (χ0) is 42.2. The quantitative estimate of drug-likeness (QED) is 0.105. The van der Waals surface area contributed by atoms with Crippen molar-refractivity contribution < 1.29 is 23.3 Å². The van der Waals surface area contributed by atoms with Crippen molar-refractivity contribution in [1.82, 2.24) is 0 Å². The number of benzene rings is 6. The molecule has 0 unspecified atom stereocenters. The van der Waals surface area contributed by atoms with Crippen LogP contribution in [0.3, 0.4) is 0 Å². The Hall–Kier alpha value is -3.78. The van der Waals surface area contributed by atoms with Crippen LogP contribution in [-0.4, -0.2) is 6.88 Å². The van der Waals surface area contributed by atoms with Gasteiger partial charge in [0.25, 0.3) is 0 Å². The Kier molecular flexibility index (Phi) is 18.7. The number of fused-ring (bicyclic) bond motifs is 2. The molecule has 2 radical (unpaired) electrons. The molecule has 0 saturated heterocycles. The maximum atomic E-state index is 3.06. The third-order valence-electron chi connectivity index (χ3n) is 12.5. The Balaban J connectivity index is 0.000000255. The van der Waals surface area contributed by atoms with E-state index in [0.717, 1.165) is 11.8 Å². The van der Waals surface area contributed by atoms with Crippen LogP contribution in [0, 0.1) is 82.1 Å². The predicted octanol–water partition coefficient (Wildman–Crippen LogP) is 17.5. The van der Waals surface area contributed by atoms with Gasteiger partial charge in [-0.1, -0.05) is 175 Å². The van der Waals surface area contributed by atoms with Crippen LogP contribution < -0.4 is 0 Å². The van der Waals surface area contributed by atoms with Crippen LogP contribution in [0.25, 0.3) is 66.1 Å². The summed E-state index contributed by atoms with van der Waals surface area (Å²) in [6.45, 7) is 20.6. The van der Waals surface area contributed by atoms with Crippen molar-refractivity contribution in [3.05, 3.63) is 192 Å². The molecule has 2 saturated carbocycles. The van der Waals surface area contributed by atoms with Gasteiger partial charge in [-0.3, -0.25) is 0 Å². The van der Waals surface area contributed by atoms with Gasteiger partial charge in [-0.15, -0.1) is 69.6 Å². The molecule has 0 aliphatic heterocycles. The fourth-order valence-corrected chi connectivity index (χ4v) is 9.79. The van der Waals surface area contributed by atoms with Gasteiger partial charge < -0.3 is 14.9 Å². The Morgan fingerprint density at radius 2 is 0.625 bits per heavy atom. The Bertz CT molecular complexity index is 2410. The van der Waals surface area contributed by atoms with E-state index in [2.05, 4.69) is 184 Å². The number of hydrogen-bond acceptors (Lipinski definition) is 0. The summed E-state index contributed by atoms with van der Waals surface area (Å²) in [7, 11) is 0. The molecule has 8 aromatic rings. The molecule has 0 heterocycles. The summed E-state index contributed by atoms with van der Waals surface area (Å²) in [5.74, 6) is 1.81. The summed E-state index contributed by atoms with van der Waals surface area (Å²) in [4.78, 5) is 0. The van der Waals surface area contributed by atoms with Gasteiger partial charge in [-0.25, -0.2) is 0 Å². The van der Waals surface area contributed by atoms with Crippen molar-refractivity contribution in [2.24, 2.45) is 11.8 Å². The second-order valence-corrected chi connectivity index (χ2v) is 18.5. The van der Waals surface area contributed by atoms with Crippen LogP contribution in [0.2, 0.25) is 0 Å². The third-order valence-corrected chi connectivity index (χ3v) is 12.5. The first-order valence-corrected chi connectivity index (χ1v) is 26.2. The zero-order valence-electron chi connectivity index (χ0n) is 39.8. The van der Waals surface area contributed by atoms with Gasteiger partial charge >= 0.3 is 30.2 Å². The predicted molar refractivity (Wildman–Crippen MR) is 285 cm³/mol. The van der Waals surface area contributed by atoms with Crippen molar-refractivity contribution in [3.8, 4) is 44.5 Å². The van der Waals surface area contributed by atoms with Crippen molar-refractivity contribution in [2.45, 2.75) is 93.9 Å². The number of hydrogen-bond donors (Lipinski definition) is 0. The summed E-state index contributed by atoms with van der Waals surface area (Å²) in [6.07, 6.45) is 8.05. The second kappa shape index (κ2) is 22.6. The summed E-state index contributed by atoms with van der Waals surface area (Å²) in [6, 6.07) is 46.8. The molecular formula is C60H66Cl2SiZr-4. The molecule has 2 fully saturated rings.